The van der Waals surface area contributed by atoms with Crippen molar-refractivity contribution in [1.29, 1.82) is 5.41 Å². The summed E-state index contributed by atoms with van der Waals surface area (Å²) < 4.78 is 13.0. The number of hydrogen-bond donors (Lipinski definition) is 4. The molecular weight excluding hydrogens is 345 g/mol. The van der Waals surface area contributed by atoms with Crippen LogP contribution in [0.1, 0.15) is 25.3 Å². The number of hydrogen-bond acceptors (Lipinski definition) is 5. The van der Waals surface area contributed by atoms with Crippen molar-refractivity contribution in [1.82, 2.24) is 10.6 Å². The average molecular weight is 365 g/mol. The summed E-state index contributed by atoms with van der Waals surface area (Å²) in [6.45, 7) is 1.21. The highest BCUT2D eigenvalue weighted by Gasteiger charge is 2.26. The second-order valence-electron chi connectivity index (χ2n) is 5.63. The number of carboxylic acid groups (broad SMARTS) is 1. The summed E-state index contributed by atoms with van der Waals surface area (Å²) in [5.74, 6) is -3.57. The Kier molecular flexibility index (Phi) is 8.07. The van der Waals surface area contributed by atoms with Gasteiger partial charge < -0.3 is 21.1 Å². The summed E-state index contributed by atoms with van der Waals surface area (Å²) in [7, 11) is 0. The van der Waals surface area contributed by atoms with Crippen molar-refractivity contribution < 1.29 is 28.7 Å². The van der Waals surface area contributed by atoms with Gasteiger partial charge in [-0.25, -0.2) is 9.18 Å². The minimum absolute atomic E-state index is 0.0391. The maximum atomic E-state index is 13.0. The Morgan fingerprint density at radius 1 is 1.15 bits per heavy atom. The number of ketones is 1. The van der Waals surface area contributed by atoms with Crippen LogP contribution >= 0.6 is 0 Å². The number of benzene rings is 1. The van der Waals surface area contributed by atoms with Gasteiger partial charge in [0.05, 0.1) is 6.21 Å². The molecule has 0 aliphatic rings. The molecule has 26 heavy (non-hydrogen) atoms. The molecule has 0 aliphatic heterocycles. The van der Waals surface area contributed by atoms with E-state index >= 15 is 0 Å². The fraction of sp³-hybridized carbons (Fsp3) is 0.353. The van der Waals surface area contributed by atoms with E-state index in [2.05, 4.69) is 10.6 Å². The van der Waals surface area contributed by atoms with Crippen molar-refractivity contribution in [3.63, 3.8) is 0 Å². The molecule has 9 heteroatoms. The Hall–Kier alpha value is -3.10. The molecule has 0 bridgehead atoms. The number of rotatable bonds is 10. The second-order valence-corrected chi connectivity index (χ2v) is 5.63. The number of carbonyl (C=O) groups excluding carboxylic acids is 3. The number of carboxylic acids is 1. The molecule has 140 valence electrons. The summed E-state index contributed by atoms with van der Waals surface area (Å²) in [6, 6.07) is 2.93. The normalized spacial score (nSPS) is 12.5. The minimum Gasteiger partial charge on any atom is -0.480 e. The SMILES string of the molecule is CC(=O)N[C@@H](Cc1ccc(F)cc1)C(=O)N[C@@H](CCC(=O)C=N)C(=O)O. The lowest BCUT2D eigenvalue weighted by Gasteiger charge is -2.21. The highest BCUT2D eigenvalue weighted by Crippen LogP contribution is 2.07. The second kappa shape index (κ2) is 10.0. The molecule has 2 amide bonds. The summed E-state index contributed by atoms with van der Waals surface area (Å²) in [6.07, 6.45) is 0.231. The largest absolute Gasteiger partial charge is 0.480 e. The zero-order valence-corrected chi connectivity index (χ0v) is 14.1. The van der Waals surface area contributed by atoms with Crippen LogP contribution in [0, 0.1) is 11.2 Å². The third kappa shape index (κ3) is 7.20. The monoisotopic (exact) mass is 365 g/mol. The fourth-order valence-electron chi connectivity index (χ4n) is 2.20. The van der Waals surface area contributed by atoms with Gasteiger partial charge in [0.25, 0.3) is 0 Å². The average Bonchev–Trinajstić information content (AvgIpc) is 2.58. The molecule has 0 unspecified atom stereocenters. The van der Waals surface area contributed by atoms with Gasteiger partial charge in [0, 0.05) is 19.8 Å². The van der Waals surface area contributed by atoms with Crippen LogP contribution in [0.25, 0.3) is 0 Å². The molecule has 1 rings (SSSR count). The van der Waals surface area contributed by atoms with Crippen molar-refractivity contribution in [2.45, 2.75) is 38.3 Å². The quantitative estimate of drug-likeness (QED) is 0.446. The number of aliphatic carboxylic acids is 1. The van der Waals surface area contributed by atoms with Crippen molar-refractivity contribution in [3.8, 4) is 0 Å². The molecule has 4 N–H and O–H groups in total. The van der Waals surface area contributed by atoms with E-state index in [1.807, 2.05) is 0 Å². The molecule has 2 atom stereocenters. The van der Waals surface area contributed by atoms with E-state index in [0.717, 1.165) is 0 Å². The molecule has 0 spiro atoms. The van der Waals surface area contributed by atoms with Crippen molar-refractivity contribution in [2.75, 3.05) is 0 Å². The highest BCUT2D eigenvalue weighted by molar-refractivity contribution is 6.26. The summed E-state index contributed by atoms with van der Waals surface area (Å²) in [4.78, 5) is 46.1. The predicted octanol–water partition coefficient (Wildman–Crippen LogP) is 0.441. The van der Waals surface area contributed by atoms with Crippen molar-refractivity contribution >= 4 is 29.8 Å². The van der Waals surface area contributed by atoms with Gasteiger partial charge in [0.1, 0.15) is 17.9 Å². The van der Waals surface area contributed by atoms with Crippen LogP contribution in [0.15, 0.2) is 24.3 Å². The van der Waals surface area contributed by atoms with Crippen LogP contribution in [-0.2, 0) is 25.6 Å². The van der Waals surface area contributed by atoms with Gasteiger partial charge in [-0.2, -0.15) is 0 Å². The van der Waals surface area contributed by atoms with E-state index in [4.69, 9.17) is 5.41 Å². The van der Waals surface area contributed by atoms with Gasteiger partial charge in [-0.05, 0) is 24.1 Å². The number of nitrogens with one attached hydrogen (secondary N) is 3. The van der Waals surface area contributed by atoms with Gasteiger partial charge in [-0.1, -0.05) is 12.1 Å². The summed E-state index contributed by atoms with van der Waals surface area (Å²) in [5.41, 5.74) is 0.575. The Balaban J connectivity index is 2.83. The van der Waals surface area contributed by atoms with Crippen LogP contribution in [-0.4, -0.2) is 47.0 Å². The standard InChI is InChI=1S/C17H20FN3O5/c1-10(22)20-15(8-11-2-4-12(18)5-3-11)16(24)21-14(17(25)26)7-6-13(23)9-19/h2-5,9,14-15,19H,6-8H2,1H3,(H,20,22)(H,21,24)(H,25,26)/t14-,15-/m0/s1. The third-order valence-corrected chi connectivity index (χ3v) is 3.50. The van der Waals surface area contributed by atoms with Crippen LogP contribution in [0.2, 0.25) is 0 Å². The Morgan fingerprint density at radius 2 is 1.77 bits per heavy atom. The first-order chi connectivity index (χ1) is 12.2. The van der Waals surface area contributed by atoms with Gasteiger partial charge in [-0.3, -0.25) is 14.4 Å². The Labute approximate surface area is 149 Å². The summed E-state index contributed by atoms with van der Waals surface area (Å²) in [5, 5.41) is 20.7. The van der Waals surface area contributed by atoms with Crippen LogP contribution in [0.3, 0.4) is 0 Å². The lowest BCUT2D eigenvalue weighted by atomic mass is 10.0. The lowest BCUT2D eigenvalue weighted by molar-refractivity contribution is -0.142. The van der Waals surface area contributed by atoms with E-state index < -0.39 is 41.5 Å². The van der Waals surface area contributed by atoms with Crippen molar-refractivity contribution in [2.24, 2.45) is 0 Å². The Bertz CT molecular complexity index is 690. The van der Waals surface area contributed by atoms with E-state index in [1.54, 1.807) is 0 Å². The fourth-order valence-corrected chi connectivity index (χ4v) is 2.20. The third-order valence-electron chi connectivity index (χ3n) is 3.50. The Morgan fingerprint density at radius 3 is 2.27 bits per heavy atom. The van der Waals surface area contributed by atoms with E-state index in [9.17, 15) is 28.7 Å². The maximum absolute atomic E-state index is 13.0. The summed E-state index contributed by atoms with van der Waals surface area (Å²) >= 11 is 0. The van der Waals surface area contributed by atoms with Crippen LogP contribution in [0.4, 0.5) is 4.39 Å². The molecule has 0 radical (unpaired) electrons. The smallest absolute Gasteiger partial charge is 0.326 e. The molecule has 0 aliphatic carbocycles. The van der Waals surface area contributed by atoms with E-state index in [-0.39, 0.29) is 19.3 Å². The lowest BCUT2D eigenvalue weighted by Crippen LogP contribution is -2.52. The van der Waals surface area contributed by atoms with E-state index in [0.29, 0.717) is 11.8 Å². The molecule has 8 nitrogen and oxygen atoms in total. The van der Waals surface area contributed by atoms with Gasteiger partial charge in [0.15, 0.2) is 5.78 Å². The molecule has 1 aromatic carbocycles. The molecule has 1 aromatic rings. The van der Waals surface area contributed by atoms with E-state index in [1.165, 1.54) is 31.2 Å². The minimum atomic E-state index is -1.34. The number of halogens is 1. The number of Topliss-reactive ketones (excluding diaryl/α,β-unsaturated/α-hetero) is 1. The zero-order valence-electron chi connectivity index (χ0n) is 14.1. The first kappa shape index (κ1) is 20.9. The van der Waals surface area contributed by atoms with Crippen LogP contribution in [0.5, 0.6) is 0 Å². The molecule has 0 heterocycles. The van der Waals surface area contributed by atoms with Gasteiger partial charge in [-0.15, -0.1) is 0 Å². The highest BCUT2D eigenvalue weighted by atomic mass is 19.1. The molecule has 0 fully saturated rings. The zero-order chi connectivity index (χ0) is 19.7. The number of carbonyl (C=O) groups is 4. The first-order valence-corrected chi connectivity index (χ1v) is 7.81. The maximum Gasteiger partial charge on any atom is 0.326 e. The topological polar surface area (TPSA) is 136 Å². The van der Waals surface area contributed by atoms with Crippen LogP contribution < -0.4 is 10.6 Å². The predicted molar refractivity (Wildman–Crippen MR) is 90.3 cm³/mol. The van der Waals surface area contributed by atoms with Gasteiger partial charge >= 0.3 is 5.97 Å². The number of amides is 2. The molecule has 0 aromatic heterocycles. The first-order valence-electron chi connectivity index (χ1n) is 7.81. The van der Waals surface area contributed by atoms with Crippen molar-refractivity contribution in [3.05, 3.63) is 35.6 Å². The molecule has 0 saturated carbocycles. The molecule has 0 saturated heterocycles. The van der Waals surface area contributed by atoms with Gasteiger partial charge in [0.2, 0.25) is 11.8 Å². The molecular formula is C17H20FN3O5.